The van der Waals surface area contributed by atoms with Gasteiger partial charge in [-0.2, -0.15) is 0 Å². The van der Waals surface area contributed by atoms with Crippen molar-refractivity contribution in [3.8, 4) is 0 Å². The van der Waals surface area contributed by atoms with E-state index < -0.39 is 0 Å². The van der Waals surface area contributed by atoms with E-state index in [1.54, 1.807) is 36.5 Å². The summed E-state index contributed by atoms with van der Waals surface area (Å²) in [4.78, 5) is 14.3. The minimum atomic E-state index is -0.335. The molecule has 2 rings (SSSR count). The molecule has 3 heteroatoms. The van der Waals surface area contributed by atoms with Crippen molar-refractivity contribution >= 4 is 11.9 Å². The third kappa shape index (κ3) is 2.25. The second-order valence-electron chi connectivity index (χ2n) is 3.30. The maximum Gasteiger partial charge on any atom is 0.201 e. The van der Waals surface area contributed by atoms with Gasteiger partial charge in [0.1, 0.15) is 5.82 Å². The van der Waals surface area contributed by atoms with Crippen LogP contribution in [0.2, 0.25) is 0 Å². The molecule has 0 fully saturated rings. The Morgan fingerprint density at radius 2 is 2.00 bits per heavy atom. The first kappa shape index (κ1) is 10.4. The molecular weight excluding hydrogens is 205 g/mol. The molecule has 0 aliphatic carbocycles. The Morgan fingerprint density at radius 1 is 1.19 bits per heavy atom. The summed E-state index contributed by atoms with van der Waals surface area (Å²) in [5.41, 5.74) is 0.898. The van der Waals surface area contributed by atoms with E-state index in [0.29, 0.717) is 11.3 Å². The highest BCUT2D eigenvalue weighted by atomic mass is 19.1. The molecule has 0 spiro atoms. The van der Waals surface area contributed by atoms with Crippen molar-refractivity contribution in [2.24, 2.45) is 0 Å². The number of aromatic amines is 1. The molecular formula is C13H10FNO. The number of hydrogen-bond donors (Lipinski definition) is 1. The maximum atomic E-state index is 13.2. The predicted octanol–water partition coefficient (Wildman–Crippen LogP) is 3.05. The number of allylic oxidation sites excluding steroid dienone is 1. The van der Waals surface area contributed by atoms with Gasteiger partial charge in [0.05, 0.1) is 5.69 Å². The molecule has 16 heavy (non-hydrogen) atoms. The number of aromatic nitrogens is 1. The van der Waals surface area contributed by atoms with Crippen LogP contribution in [0.1, 0.15) is 16.1 Å². The number of ketones is 1. The fraction of sp³-hybridized carbons (Fsp3) is 0. The second kappa shape index (κ2) is 4.57. The van der Waals surface area contributed by atoms with E-state index in [0.717, 1.165) is 0 Å². The van der Waals surface area contributed by atoms with Crippen molar-refractivity contribution in [2.45, 2.75) is 0 Å². The lowest BCUT2D eigenvalue weighted by Crippen LogP contribution is -1.93. The largest absolute Gasteiger partial charge is 0.359 e. The summed E-state index contributed by atoms with van der Waals surface area (Å²) in [6.45, 7) is 0. The molecule has 0 bridgehead atoms. The Hall–Kier alpha value is -2.16. The summed E-state index contributed by atoms with van der Waals surface area (Å²) < 4.78 is 13.2. The molecule has 0 aliphatic heterocycles. The van der Waals surface area contributed by atoms with Crippen LogP contribution in [0.15, 0.2) is 48.7 Å². The zero-order chi connectivity index (χ0) is 11.4. The number of carbonyl (C=O) groups is 1. The van der Waals surface area contributed by atoms with E-state index in [4.69, 9.17) is 0 Å². The van der Waals surface area contributed by atoms with Crippen LogP contribution in [0, 0.1) is 5.82 Å². The average Bonchev–Trinajstić information content (AvgIpc) is 2.81. The highest BCUT2D eigenvalue weighted by Gasteiger charge is 2.01. The van der Waals surface area contributed by atoms with Gasteiger partial charge >= 0.3 is 0 Å². The van der Waals surface area contributed by atoms with E-state index in [1.165, 1.54) is 18.2 Å². The standard InChI is InChI=1S/C13H10FNO/c14-11-5-2-1-4-10(11)7-8-13(16)12-6-3-9-15-12/h1-9,15H/b8-7+. The molecule has 0 radical (unpaired) electrons. The Kier molecular flexibility index (Phi) is 2.96. The fourth-order valence-electron chi connectivity index (χ4n) is 1.35. The molecule has 2 nitrogen and oxygen atoms in total. The Labute approximate surface area is 92.4 Å². The van der Waals surface area contributed by atoms with Gasteiger partial charge in [0.15, 0.2) is 0 Å². The van der Waals surface area contributed by atoms with E-state index in [2.05, 4.69) is 4.98 Å². The lowest BCUT2D eigenvalue weighted by Gasteiger charge is -1.94. The zero-order valence-electron chi connectivity index (χ0n) is 8.48. The first-order valence-corrected chi connectivity index (χ1v) is 4.88. The molecule has 80 valence electrons. The molecule has 0 amide bonds. The van der Waals surface area contributed by atoms with Gasteiger partial charge in [-0.05, 0) is 30.4 Å². The molecule has 1 aromatic heterocycles. The van der Waals surface area contributed by atoms with Crippen molar-refractivity contribution in [1.82, 2.24) is 4.98 Å². The molecule has 0 aliphatic rings. The number of H-pyrrole nitrogens is 1. The Morgan fingerprint density at radius 3 is 2.69 bits per heavy atom. The highest BCUT2D eigenvalue weighted by molar-refractivity contribution is 6.05. The van der Waals surface area contributed by atoms with Gasteiger partial charge in [-0.3, -0.25) is 4.79 Å². The molecule has 0 atom stereocenters. The van der Waals surface area contributed by atoms with Crippen LogP contribution in [-0.2, 0) is 0 Å². The van der Waals surface area contributed by atoms with Gasteiger partial charge in [0, 0.05) is 11.8 Å². The zero-order valence-corrected chi connectivity index (χ0v) is 8.48. The quantitative estimate of drug-likeness (QED) is 0.619. The third-order valence-electron chi connectivity index (χ3n) is 2.18. The molecule has 1 N–H and O–H groups in total. The molecule has 0 saturated carbocycles. The lowest BCUT2D eigenvalue weighted by molar-refractivity contribution is 0.104. The van der Waals surface area contributed by atoms with Crippen molar-refractivity contribution in [3.05, 3.63) is 65.7 Å². The van der Waals surface area contributed by atoms with Crippen molar-refractivity contribution in [3.63, 3.8) is 0 Å². The van der Waals surface area contributed by atoms with E-state index in [-0.39, 0.29) is 11.6 Å². The summed E-state index contributed by atoms with van der Waals surface area (Å²) in [5.74, 6) is -0.508. The Balaban J connectivity index is 2.16. The first-order valence-electron chi connectivity index (χ1n) is 4.88. The topological polar surface area (TPSA) is 32.9 Å². The van der Waals surface area contributed by atoms with Crippen LogP contribution in [0.25, 0.3) is 6.08 Å². The summed E-state index contributed by atoms with van der Waals surface area (Å²) in [6.07, 6.45) is 4.49. The summed E-state index contributed by atoms with van der Waals surface area (Å²) in [5, 5.41) is 0. The van der Waals surface area contributed by atoms with Gasteiger partial charge in [0.25, 0.3) is 0 Å². The van der Waals surface area contributed by atoms with E-state index in [1.807, 2.05) is 0 Å². The van der Waals surface area contributed by atoms with E-state index >= 15 is 0 Å². The van der Waals surface area contributed by atoms with Crippen molar-refractivity contribution in [2.75, 3.05) is 0 Å². The second-order valence-corrected chi connectivity index (χ2v) is 3.30. The number of halogens is 1. The van der Waals surface area contributed by atoms with Crippen molar-refractivity contribution in [1.29, 1.82) is 0 Å². The number of hydrogen-bond acceptors (Lipinski definition) is 1. The van der Waals surface area contributed by atoms with Crippen LogP contribution >= 0.6 is 0 Å². The fourth-order valence-corrected chi connectivity index (χ4v) is 1.35. The minimum Gasteiger partial charge on any atom is -0.359 e. The average molecular weight is 215 g/mol. The van der Waals surface area contributed by atoms with Gasteiger partial charge in [-0.15, -0.1) is 0 Å². The number of rotatable bonds is 3. The van der Waals surface area contributed by atoms with Crippen molar-refractivity contribution < 1.29 is 9.18 Å². The first-order chi connectivity index (χ1) is 7.77. The highest BCUT2D eigenvalue weighted by Crippen LogP contribution is 2.09. The van der Waals surface area contributed by atoms with Crippen LogP contribution in [0.5, 0.6) is 0 Å². The summed E-state index contributed by atoms with van der Waals surface area (Å²) in [7, 11) is 0. The molecule has 1 heterocycles. The summed E-state index contributed by atoms with van der Waals surface area (Å²) >= 11 is 0. The van der Waals surface area contributed by atoms with Crippen LogP contribution in [0.3, 0.4) is 0 Å². The normalized spacial score (nSPS) is 10.8. The van der Waals surface area contributed by atoms with Gasteiger partial charge in [0.2, 0.25) is 5.78 Å². The Bertz CT molecular complexity index is 514. The molecule has 2 aromatic rings. The number of nitrogens with one attached hydrogen (secondary N) is 1. The number of benzene rings is 1. The third-order valence-corrected chi connectivity index (χ3v) is 2.18. The van der Waals surface area contributed by atoms with Crippen LogP contribution in [-0.4, -0.2) is 10.8 Å². The predicted molar refractivity (Wildman–Crippen MR) is 60.6 cm³/mol. The van der Waals surface area contributed by atoms with Gasteiger partial charge in [-0.1, -0.05) is 18.2 Å². The summed E-state index contributed by atoms with van der Waals surface area (Å²) in [6, 6.07) is 9.73. The lowest BCUT2D eigenvalue weighted by atomic mass is 10.1. The maximum absolute atomic E-state index is 13.2. The van der Waals surface area contributed by atoms with E-state index in [9.17, 15) is 9.18 Å². The SMILES string of the molecule is O=C(/C=C/c1ccccc1F)c1ccc[nH]1. The minimum absolute atomic E-state index is 0.173. The van der Waals surface area contributed by atoms with Gasteiger partial charge < -0.3 is 4.98 Å². The van der Waals surface area contributed by atoms with Crippen LogP contribution < -0.4 is 0 Å². The van der Waals surface area contributed by atoms with Gasteiger partial charge in [-0.25, -0.2) is 4.39 Å². The molecule has 0 saturated heterocycles. The van der Waals surface area contributed by atoms with Crippen LogP contribution in [0.4, 0.5) is 4.39 Å². The molecule has 1 aromatic carbocycles. The number of carbonyl (C=O) groups excluding carboxylic acids is 1. The monoisotopic (exact) mass is 215 g/mol. The smallest absolute Gasteiger partial charge is 0.201 e. The molecule has 0 unspecified atom stereocenters.